The highest BCUT2D eigenvalue weighted by Crippen LogP contribution is 2.16. The summed E-state index contributed by atoms with van der Waals surface area (Å²) in [7, 11) is 0. The summed E-state index contributed by atoms with van der Waals surface area (Å²) in [6, 6.07) is 7.22. The van der Waals surface area contributed by atoms with Crippen LogP contribution in [0.3, 0.4) is 0 Å². The molecule has 1 aliphatic rings. The average Bonchev–Trinajstić information content (AvgIpc) is 3.36. The Kier molecular flexibility index (Phi) is 7.04. The number of esters is 1. The van der Waals surface area contributed by atoms with Crippen molar-refractivity contribution in [3.63, 3.8) is 0 Å². The molecular formula is C22H30N4O3. The molecule has 1 saturated heterocycles. The van der Waals surface area contributed by atoms with Crippen molar-refractivity contribution in [1.82, 2.24) is 20.0 Å². The molecule has 1 N–H and O–H groups in total. The Balaban J connectivity index is 1.58. The molecule has 1 aromatic carbocycles. The maximum absolute atomic E-state index is 12.5. The first kappa shape index (κ1) is 21.0. The first-order chi connectivity index (χ1) is 14.0. The fourth-order valence-corrected chi connectivity index (χ4v) is 3.67. The zero-order chi connectivity index (χ0) is 20.8. The van der Waals surface area contributed by atoms with Crippen LogP contribution in [-0.2, 0) is 4.74 Å². The molecule has 7 nitrogen and oxygen atoms in total. The quantitative estimate of drug-likeness (QED) is 0.692. The SMILES string of the molecule is CCOC(=O)c1cnn(-c2ccc(C(=O)NCC(C)CN3CCCC3)cc2)c1C. The van der Waals surface area contributed by atoms with Crippen molar-refractivity contribution < 1.29 is 14.3 Å². The molecule has 1 aromatic heterocycles. The van der Waals surface area contributed by atoms with E-state index in [-0.39, 0.29) is 11.9 Å². The minimum atomic E-state index is -0.379. The molecule has 0 saturated carbocycles. The van der Waals surface area contributed by atoms with E-state index in [9.17, 15) is 9.59 Å². The second kappa shape index (κ2) is 9.69. The fraction of sp³-hybridized carbons (Fsp3) is 0.500. The summed E-state index contributed by atoms with van der Waals surface area (Å²) in [5.41, 5.74) is 2.55. The van der Waals surface area contributed by atoms with Crippen LogP contribution in [0, 0.1) is 12.8 Å². The number of hydrogen-bond donors (Lipinski definition) is 1. The minimum absolute atomic E-state index is 0.0748. The van der Waals surface area contributed by atoms with Crippen molar-refractivity contribution >= 4 is 11.9 Å². The Bertz CT molecular complexity index is 838. The van der Waals surface area contributed by atoms with E-state index in [1.165, 1.54) is 32.1 Å². The number of amides is 1. The van der Waals surface area contributed by atoms with Crippen LogP contribution in [0.15, 0.2) is 30.5 Å². The third-order valence-corrected chi connectivity index (χ3v) is 5.26. The lowest BCUT2D eigenvalue weighted by Crippen LogP contribution is -2.34. The van der Waals surface area contributed by atoms with Gasteiger partial charge in [-0.25, -0.2) is 9.48 Å². The number of aromatic nitrogens is 2. The zero-order valence-corrected chi connectivity index (χ0v) is 17.5. The number of carbonyl (C=O) groups excluding carboxylic acids is 2. The molecule has 1 unspecified atom stereocenters. The maximum atomic E-state index is 12.5. The normalized spacial score (nSPS) is 15.3. The van der Waals surface area contributed by atoms with Crippen molar-refractivity contribution in [2.75, 3.05) is 32.8 Å². The second-order valence-corrected chi connectivity index (χ2v) is 7.65. The summed E-state index contributed by atoms with van der Waals surface area (Å²) in [6.07, 6.45) is 4.07. The van der Waals surface area contributed by atoms with Crippen LogP contribution < -0.4 is 5.32 Å². The van der Waals surface area contributed by atoms with Gasteiger partial charge >= 0.3 is 5.97 Å². The van der Waals surface area contributed by atoms with Gasteiger partial charge in [-0.15, -0.1) is 0 Å². The number of hydrogen-bond acceptors (Lipinski definition) is 5. The van der Waals surface area contributed by atoms with Gasteiger partial charge in [0.05, 0.1) is 24.2 Å². The molecular weight excluding hydrogens is 368 g/mol. The molecule has 0 aliphatic carbocycles. The molecule has 1 fully saturated rings. The molecule has 7 heteroatoms. The van der Waals surface area contributed by atoms with Gasteiger partial charge < -0.3 is 15.0 Å². The Morgan fingerprint density at radius 2 is 1.90 bits per heavy atom. The van der Waals surface area contributed by atoms with Gasteiger partial charge in [0.2, 0.25) is 0 Å². The fourth-order valence-electron chi connectivity index (χ4n) is 3.67. The number of rotatable bonds is 8. The van der Waals surface area contributed by atoms with E-state index in [1.54, 1.807) is 23.7 Å². The lowest BCUT2D eigenvalue weighted by Gasteiger charge is -2.20. The third kappa shape index (κ3) is 5.23. The molecule has 1 aliphatic heterocycles. The number of carbonyl (C=O) groups is 2. The van der Waals surface area contributed by atoms with Gasteiger partial charge in [-0.2, -0.15) is 5.10 Å². The largest absolute Gasteiger partial charge is 0.462 e. The molecule has 1 amide bonds. The summed E-state index contributed by atoms with van der Waals surface area (Å²) in [6.45, 7) is 10.1. The number of nitrogens with zero attached hydrogens (tertiary/aromatic N) is 3. The van der Waals surface area contributed by atoms with E-state index in [4.69, 9.17) is 4.74 Å². The summed E-state index contributed by atoms with van der Waals surface area (Å²) in [5.74, 6) is -0.0335. The van der Waals surface area contributed by atoms with Gasteiger partial charge in [0, 0.05) is 18.7 Å². The van der Waals surface area contributed by atoms with E-state index in [2.05, 4.69) is 22.2 Å². The first-order valence-electron chi connectivity index (χ1n) is 10.3. The zero-order valence-electron chi connectivity index (χ0n) is 17.5. The van der Waals surface area contributed by atoms with Crippen molar-refractivity contribution in [2.45, 2.75) is 33.6 Å². The Morgan fingerprint density at radius 3 is 2.55 bits per heavy atom. The van der Waals surface area contributed by atoms with Crippen LogP contribution in [0.4, 0.5) is 0 Å². The lowest BCUT2D eigenvalue weighted by molar-refractivity contribution is 0.0525. The summed E-state index contributed by atoms with van der Waals surface area (Å²) in [5, 5.41) is 7.31. The van der Waals surface area contributed by atoms with E-state index in [0.717, 1.165) is 12.2 Å². The van der Waals surface area contributed by atoms with Crippen LogP contribution in [0.25, 0.3) is 5.69 Å². The smallest absolute Gasteiger partial charge is 0.341 e. The van der Waals surface area contributed by atoms with Gasteiger partial charge in [0.15, 0.2) is 0 Å². The number of ether oxygens (including phenoxy) is 1. The van der Waals surface area contributed by atoms with Crippen LogP contribution >= 0.6 is 0 Å². The lowest BCUT2D eigenvalue weighted by atomic mass is 10.1. The van der Waals surface area contributed by atoms with Gasteiger partial charge in [-0.05, 0) is 70.0 Å². The van der Waals surface area contributed by atoms with Crippen molar-refractivity contribution in [3.8, 4) is 5.69 Å². The maximum Gasteiger partial charge on any atom is 0.341 e. The number of nitrogens with one attached hydrogen (secondary N) is 1. The van der Waals surface area contributed by atoms with Gasteiger partial charge in [0.25, 0.3) is 5.91 Å². The highest BCUT2D eigenvalue weighted by Gasteiger charge is 2.17. The van der Waals surface area contributed by atoms with Gasteiger partial charge in [-0.1, -0.05) is 6.92 Å². The molecule has 2 aromatic rings. The van der Waals surface area contributed by atoms with Crippen molar-refractivity contribution in [2.24, 2.45) is 5.92 Å². The van der Waals surface area contributed by atoms with E-state index in [0.29, 0.717) is 35.9 Å². The van der Waals surface area contributed by atoms with Crippen LogP contribution in [0.2, 0.25) is 0 Å². The Hall–Kier alpha value is -2.67. The van der Waals surface area contributed by atoms with E-state index < -0.39 is 0 Å². The van der Waals surface area contributed by atoms with Gasteiger partial charge in [0.1, 0.15) is 5.56 Å². The molecule has 0 bridgehead atoms. The highest BCUT2D eigenvalue weighted by atomic mass is 16.5. The summed E-state index contributed by atoms with van der Waals surface area (Å²) >= 11 is 0. The third-order valence-electron chi connectivity index (χ3n) is 5.26. The minimum Gasteiger partial charge on any atom is -0.462 e. The van der Waals surface area contributed by atoms with Crippen molar-refractivity contribution in [1.29, 1.82) is 0 Å². The molecule has 1 atom stereocenters. The van der Waals surface area contributed by atoms with Crippen LogP contribution in [0.1, 0.15) is 53.1 Å². The Morgan fingerprint density at radius 1 is 1.21 bits per heavy atom. The number of benzene rings is 1. The second-order valence-electron chi connectivity index (χ2n) is 7.65. The average molecular weight is 399 g/mol. The van der Waals surface area contributed by atoms with Crippen LogP contribution in [0.5, 0.6) is 0 Å². The highest BCUT2D eigenvalue weighted by molar-refractivity contribution is 5.94. The van der Waals surface area contributed by atoms with E-state index in [1.807, 2.05) is 19.1 Å². The van der Waals surface area contributed by atoms with Crippen LogP contribution in [-0.4, -0.2) is 59.3 Å². The molecule has 0 radical (unpaired) electrons. The molecule has 2 heterocycles. The molecule has 29 heavy (non-hydrogen) atoms. The van der Waals surface area contributed by atoms with Gasteiger partial charge in [-0.3, -0.25) is 4.79 Å². The predicted molar refractivity (Wildman–Crippen MR) is 111 cm³/mol. The monoisotopic (exact) mass is 398 g/mol. The summed E-state index contributed by atoms with van der Waals surface area (Å²) < 4.78 is 6.72. The van der Waals surface area contributed by atoms with E-state index >= 15 is 0 Å². The number of likely N-dealkylation sites (tertiary alicyclic amines) is 1. The molecule has 156 valence electrons. The molecule has 3 rings (SSSR count). The van der Waals surface area contributed by atoms with Crippen molar-refractivity contribution in [3.05, 3.63) is 47.3 Å². The first-order valence-corrected chi connectivity index (χ1v) is 10.3. The summed E-state index contributed by atoms with van der Waals surface area (Å²) in [4.78, 5) is 26.9. The topological polar surface area (TPSA) is 76.5 Å². The predicted octanol–water partition coefficient (Wildman–Crippen LogP) is 2.82. The Labute approximate surface area is 172 Å². The standard InChI is InChI=1S/C22H30N4O3/c1-4-29-22(28)20-14-24-26(17(20)3)19-9-7-18(8-10-19)21(27)23-13-16(2)15-25-11-5-6-12-25/h7-10,14,16H,4-6,11-13,15H2,1-3H3,(H,23,27). The molecule has 0 spiro atoms.